The molecule has 1 aliphatic heterocycles. The SMILES string of the molecule is Nc1ncc2c(n1)CCN(Cc1cn[nH]c1-c1cc(F)cc(F)c1)C2. The molecule has 1 aliphatic rings. The number of aromatic nitrogens is 4. The van der Waals surface area contributed by atoms with Crippen LogP contribution in [0.2, 0.25) is 0 Å². The fourth-order valence-corrected chi connectivity index (χ4v) is 3.14. The predicted molar refractivity (Wildman–Crippen MR) is 88.2 cm³/mol. The Hall–Kier alpha value is -2.87. The van der Waals surface area contributed by atoms with Crippen LogP contribution in [0.15, 0.2) is 30.6 Å². The number of fused-ring (bicyclic) bond motifs is 1. The van der Waals surface area contributed by atoms with Gasteiger partial charge < -0.3 is 5.73 Å². The van der Waals surface area contributed by atoms with Crippen LogP contribution in [-0.2, 0) is 19.5 Å². The second-order valence-electron chi connectivity index (χ2n) is 6.09. The lowest BCUT2D eigenvalue weighted by Gasteiger charge is -2.27. The quantitative estimate of drug-likeness (QED) is 0.763. The lowest BCUT2D eigenvalue weighted by Crippen LogP contribution is -2.31. The van der Waals surface area contributed by atoms with Gasteiger partial charge in [0, 0.05) is 55.0 Å². The molecule has 0 unspecified atom stereocenters. The van der Waals surface area contributed by atoms with Crippen molar-refractivity contribution in [1.29, 1.82) is 0 Å². The molecule has 3 N–H and O–H groups in total. The molecule has 0 saturated heterocycles. The second kappa shape index (κ2) is 6.21. The van der Waals surface area contributed by atoms with Crippen molar-refractivity contribution in [2.75, 3.05) is 12.3 Å². The van der Waals surface area contributed by atoms with Crippen LogP contribution in [-0.4, -0.2) is 31.6 Å². The van der Waals surface area contributed by atoms with Crippen molar-refractivity contribution >= 4 is 5.95 Å². The van der Waals surface area contributed by atoms with Crippen LogP contribution in [0.1, 0.15) is 16.8 Å². The Bertz CT molecular complexity index is 903. The first-order valence-electron chi connectivity index (χ1n) is 7.90. The fourth-order valence-electron chi connectivity index (χ4n) is 3.14. The van der Waals surface area contributed by atoms with Crippen LogP contribution in [0.3, 0.4) is 0 Å². The van der Waals surface area contributed by atoms with E-state index in [4.69, 9.17) is 5.73 Å². The van der Waals surface area contributed by atoms with Gasteiger partial charge in [0.1, 0.15) is 11.6 Å². The van der Waals surface area contributed by atoms with Gasteiger partial charge in [-0.3, -0.25) is 10.00 Å². The van der Waals surface area contributed by atoms with E-state index < -0.39 is 11.6 Å². The van der Waals surface area contributed by atoms with Crippen LogP contribution in [0, 0.1) is 11.6 Å². The summed E-state index contributed by atoms with van der Waals surface area (Å²) < 4.78 is 27.0. The first kappa shape index (κ1) is 15.6. The zero-order chi connectivity index (χ0) is 17.4. The van der Waals surface area contributed by atoms with E-state index in [2.05, 4.69) is 25.1 Å². The number of H-pyrrole nitrogens is 1. The minimum atomic E-state index is -0.614. The molecule has 0 bridgehead atoms. The third-order valence-electron chi connectivity index (χ3n) is 4.29. The molecule has 0 fully saturated rings. The van der Waals surface area contributed by atoms with E-state index in [0.29, 0.717) is 24.3 Å². The summed E-state index contributed by atoms with van der Waals surface area (Å²) in [5.41, 5.74) is 9.59. The molecule has 6 nitrogen and oxygen atoms in total. The maximum absolute atomic E-state index is 13.5. The molecule has 0 amide bonds. The van der Waals surface area contributed by atoms with Crippen molar-refractivity contribution in [3.8, 4) is 11.3 Å². The first-order valence-corrected chi connectivity index (χ1v) is 7.90. The summed E-state index contributed by atoms with van der Waals surface area (Å²) in [5.74, 6) is -0.938. The molecule has 25 heavy (non-hydrogen) atoms. The van der Waals surface area contributed by atoms with Gasteiger partial charge in [0.2, 0.25) is 5.95 Å². The summed E-state index contributed by atoms with van der Waals surface area (Å²) in [6, 6.07) is 3.44. The van der Waals surface area contributed by atoms with Gasteiger partial charge >= 0.3 is 0 Å². The molecule has 2 aromatic heterocycles. The molecule has 3 aromatic rings. The highest BCUT2D eigenvalue weighted by Gasteiger charge is 2.20. The maximum Gasteiger partial charge on any atom is 0.220 e. The Morgan fingerprint density at radius 1 is 1.16 bits per heavy atom. The molecular formula is C17H16F2N6. The highest BCUT2D eigenvalue weighted by atomic mass is 19.1. The van der Waals surface area contributed by atoms with Crippen LogP contribution >= 0.6 is 0 Å². The Morgan fingerprint density at radius 3 is 2.76 bits per heavy atom. The lowest BCUT2D eigenvalue weighted by molar-refractivity contribution is 0.243. The predicted octanol–water partition coefficient (Wildman–Crippen LogP) is 2.29. The zero-order valence-electron chi connectivity index (χ0n) is 13.3. The van der Waals surface area contributed by atoms with Crippen molar-refractivity contribution in [2.45, 2.75) is 19.5 Å². The van der Waals surface area contributed by atoms with Gasteiger partial charge in [0.25, 0.3) is 0 Å². The van der Waals surface area contributed by atoms with E-state index in [1.54, 1.807) is 12.4 Å². The topological polar surface area (TPSA) is 83.7 Å². The number of rotatable bonds is 3. The molecule has 4 rings (SSSR count). The Labute approximate surface area is 142 Å². The highest BCUT2D eigenvalue weighted by molar-refractivity contribution is 5.62. The van der Waals surface area contributed by atoms with Crippen LogP contribution in [0.25, 0.3) is 11.3 Å². The van der Waals surface area contributed by atoms with E-state index in [1.807, 2.05) is 0 Å². The molecule has 0 radical (unpaired) electrons. The molecule has 0 spiro atoms. The molecule has 3 heterocycles. The largest absolute Gasteiger partial charge is 0.368 e. The van der Waals surface area contributed by atoms with Gasteiger partial charge in [-0.2, -0.15) is 5.10 Å². The van der Waals surface area contributed by atoms with Gasteiger partial charge in [-0.25, -0.2) is 18.7 Å². The summed E-state index contributed by atoms with van der Waals surface area (Å²) in [4.78, 5) is 10.5. The Kier molecular flexibility index (Phi) is 3.89. The number of nitrogens with zero attached hydrogens (tertiary/aromatic N) is 4. The van der Waals surface area contributed by atoms with Gasteiger partial charge in [0.05, 0.1) is 17.6 Å². The summed E-state index contributed by atoms with van der Waals surface area (Å²) in [6.45, 7) is 2.11. The van der Waals surface area contributed by atoms with Crippen LogP contribution < -0.4 is 5.73 Å². The van der Waals surface area contributed by atoms with E-state index >= 15 is 0 Å². The summed E-state index contributed by atoms with van der Waals surface area (Å²) >= 11 is 0. The van der Waals surface area contributed by atoms with E-state index in [0.717, 1.165) is 35.9 Å². The monoisotopic (exact) mass is 342 g/mol. The normalized spacial score (nSPS) is 14.5. The van der Waals surface area contributed by atoms with E-state index in [9.17, 15) is 8.78 Å². The first-order chi connectivity index (χ1) is 12.1. The smallest absolute Gasteiger partial charge is 0.220 e. The standard InChI is InChI=1S/C17H16F2N6/c18-13-3-10(4-14(19)5-13)16-12(7-22-24-16)9-25-2-1-15-11(8-25)6-21-17(20)23-15/h3-7H,1-2,8-9H2,(H,22,24)(H2,20,21,23). The van der Waals surface area contributed by atoms with Gasteiger partial charge in [0.15, 0.2) is 0 Å². The van der Waals surface area contributed by atoms with Crippen LogP contribution in [0.4, 0.5) is 14.7 Å². The number of halogens is 2. The van der Waals surface area contributed by atoms with Crippen molar-refractivity contribution in [3.63, 3.8) is 0 Å². The van der Waals surface area contributed by atoms with E-state index in [1.165, 1.54) is 12.1 Å². The minimum Gasteiger partial charge on any atom is -0.368 e. The number of aromatic amines is 1. The number of nitrogens with one attached hydrogen (secondary N) is 1. The molecule has 0 aliphatic carbocycles. The molecule has 0 atom stereocenters. The van der Waals surface area contributed by atoms with Crippen molar-refractivity contribution < 1.29 is 8.78 Å². The number of nitrogens with two attached hydrogens (primary N) is 1. The number of hydrogen-bond donors (Lipinski definition) is 2. The van der Waals surface area contributed by atoms with Crippen molar-refractivity contribution in [3.05, 3.63) is 59.0 Å². The Balaban J connectivity index is 1.57. The third-order valence-corrected chi connectivity index (χ3v) is 4.29. The zero-order valence-corrected chi connectivity index (χ0v) is 13.3. The molecule has 8 heteroatoms. The van der Waals surface area contributed by atoms with Crippen molar-refractivity contribution in [1.82, 2.24) is 25.1 Å². The highest BCUT2D eigenvalue weighted by Crippen LogP contribution is 2.26. The Morgan fingerprint density at radius 2 is 1.96 bits per heavy atom. The summed E-state index contributed by atoms with van der Waals surface area (Å²) in [5, 5.41) is 6.88. The number of nitrogen functional groups attached to an aromatic ring is 1. The van der Waals surface area contributed by atoms with Gasteiger partial charge in [-0.1, -0.05) is 0 Å². The number of anilines is 1. The second-order valence-corrected chi connectivity index (χ2v) is 6.09. The maximum atomic E-state index is 13.5. The summed E-state index contributed by atoms with van der Waals surface area (Å²) in [7, 11) is 0. The minimum absolute atomic E-state index is 0.289. The van der Waals surface area contributed by atoms with Crippen molar-refractivity contribution in [2.24, 2.45) is 0 Å². The lowest BCUT2D eigenvalue weighted by atomic mass is 10.0. The third kappa shape index (κ3) is 3.20. The molecule has 1 aromatic carbocycles. The van der Waals surface area contributed by atoms with Gasteiger partial charge in [-0.05, 0) is 12.1 Å². The van der Waals surface area contributed by atoms with Crippen LogP contribution in [0.5, 0.6) is 0 Å². The summed E-state index contributed by atoms with van der Waals surface area (Å²) in [6.07, 6.45) is 4.22. The van der Waals surface area contributed by atoms with E-state index in [-0.39, 0.29) is 5.95 Å². The molecular weight excluding hydrogens is 326 g/mol. The average Bonchev–Trinajstić information content (AvgIpc) is 3.02. The molecule has 128 valence electrons. The average molecular weight is 342 g/mol. The van der Waals surface area contributed by atoms with Gasteiger partial charge in [-0.15, -0.1) is 0 Å². The number of benzene rings is 1. The molecule has 0 saturated carbocycles. The number of hydrogen-bond acceptors (Lipinski definition) is 5. The fraction of sp³-hybridized carbons (Fsp3) is 0.235.